The first-order valence-electron chi connectivity index (χ1n) is 6.16. The van der Waals surface area contributed by atoms with Crippen molar-refractivity contribution in [3.05, 3.63) is 59.9 Å². The number of nitrogens with one attached hydrogen (secondary N) is 1. The molecule has 2 N–H and O–H groups in total. The van der Waals surface area contributed by atoms with Crippen molar-refractivity contribution in [2.24, 2.45) is 0 Å². The number of carbonyl (C=O) groups is 1. The highest BCUT2D eigenvalue weighted by Gasteiger charge is 2.19. The Morgan fingerprint density at radius 1 is 1.29 bits per heavy atom. The van der Waals surface area contributed by atoms with Crippen LogP contribution >= 0.6 is 0 Å². The van der Waals surface area contributed by atoms with Gasteiger partial charge in [-0.15, -0.1) is 0 Å². The van der Waals surface area contributed by atoms with Crippen molar-refractivity contribution >= 4 is 16.0 Å². The number of sulfonamides is 1. The summed E-state index contributed by atoms with van der Waals surface area (Å²) in [5.41, 5.74) is 0.641. The molecule has 1 aromatic carbocycles. The molecule has 2 rings (SSSR count). The van der Waals surface area contributed by atoms with E-state index in [2.05, 4.69) is 9.71 Å². The summed E-state index contributed by atoms with van der Waals surface area (Å²) in [6.07, 6.45) is 3.17. The lowest BCUT2D eigenvalue weighted by molar-refractivity contribution is 0.0696. The Bertz CT molecular complexity index is 745. The summed E-state index contributed by atoms with van der Waals surface area (Å²) in [6.45, 7) is 1.69. The molecule has 0 bridgehead atoms. The van der Waals surface area contributed by atoms with E-state index in [0.29, 0.717) is 0 Å². The van der Waals surface area contributed by atoms with Crippen molar-refractivity contribution in [1.29, 1.82) is 0 Å². The molecule has 0 saturated carbocycles. The molecular formula is C14H14N2O4S. The second kappa shape index (κ2) is 6.02. The van der Waals surface area contributed by atoms with E-state index in [1.54, 1.807) is 31.5 Å². The normalized spacial score (nSPS) is 12.8. The molecule has 1 aromatic heterocycles. The maximum absolute atomic E-state index is 12.3. The van der Waals surface area contributed by atoms with Gasteiger partial charge in [-0.3, -0.25) is 4.98 Å². The van der Waals surface area contributed by atoms with Crippen molar-refractivity contribution in [2.45, 2.75) is 17.9 Å². The molecule has 1 heterocycles. The third-order valence-corrected chi connectivity index (χ3v) is 4.45. The Balaban J connectivity index is 2.26. The monoisotopic (exact) mass is 306 g/mol. The number of rotatable bonds is 5. The van der Waals surface area contributed by atoms with Crippen molar-refractivity contribution in [1.82, 2.24) is 9.71 Å². The van der Waals surface area contributed by atoms with Crippen LogP contribution in [0, 0.1) is 0 Å². The van der Waals surface area contributed by atoms with Crippen LogP contribution in [0.4, 0.5) is 0 Å². The van der Waals surface area contributed by atoms with Gasteiger partial charge in [-0.2, -0.15) is 0 Å². The third kappa shape index (κ3) is 3.65. The van der Waals surface area contributed by atoms with E-state index in [4.69, 9.17) is 5.11 Å². The lowest BCUT2D eigenvalue weighted by atomic mass is 10.2. The summed E-state index contributed by atoms with van der Waals surface area (Å²) in [5.74, 6) is -1.17. The summed E-state index contributed by atoms with van der Waals surface area (Å²) in [4.78, 5) is 14.7. The van der Waals surface area contributed by atoms with E-state index in [1.165, 1.54) is 18.2 Å². The highest BCUT2D eigenvalue weighted by molar-refractivity contribution is 7.89. The molecule has 0 spiro atoms. The van der Waals surface area contributed by atoms with Crippen LogP contribution in [0.2, 0.25) is 0 Å². The summed E-state index contributed by atoms with van der Waals surface area (Å²) >= 11 is 0. The first kappa shape index (κ1) is 15.1. The SMILES string of the molecule is CC(NS(=O)(=O)c1cccc(C(=O)O)c1)c1cccnc1. The van der Waals surface area contributed by atoms with Crippen LogP contribution in [0.25, 0.3) is 0 Å². The van der Waals surface area contributed by atoms with Gasteiger partial charge in [0, 0.05) is 18.4 Å². The largest absolute Gasteiger partial charge is 0.478 e. The predicted molar refractivity (Wildman–Crippen MR) is 76.4 cm³/mol. The Morgan fingerprint density at radius 3 is 2.67 bits per heavy atom. The highest BCUT2D eigenvalue weighted by Crippen LogP contribution is 2.17. The Kier molecular flexibility index (Phi) is 4.35. The van der Waals surface area contributed by atoms with Crippen LogP contribution in [0.15, 0.2) is 53.7 Å². The lowest BCUT2D eigenvalue weighted by Gasteiger charge is -2.14. The lowest BCUT2D eigenvalue weighted by Crippen LogP contribution is -2.27. The zero-order valence-corrected chi connectivity index (χ0v) is 12.0. The summed E-state index contributed by atoms with van der Waals surface area (Å²) < 4.78 is 27.0. The maximum atomic E-state index is 12.3. The zero-order chi connectivity index (χ0) is 15.5. The van der Waals surface area contributed by atoms with Gasteiger partial charge in [0.2, 0.25) is 10.0 Å². The summed E-state index contributed by atoms with van der Waals surface area (Å²) in [6, 6.07) is 8.21. The highest BCUT2D eigenvalue weighted by atomic mass is 32.2. The first-order valence-corrected chi connectivity index (χ1v) is 7.64. The molecule has 6 nitrogen and oxygen atoms in total. The molecule has 2 aromatic rings. The van der Waals surface area contributed by atoms with E-state index in [-0.39, 0.29) is 10.5 Å². The van der Waals surface area contributed by atoms with Crippen LogP contribution in [-0.4, -0.2) is 24.5 Å². The fraction of sp³-hybridized carbons (Fsp3) is 0.143. The van der Waals surface area contributed by atoms with Gasteiger partial charge < -0.3 is 5.11 Å². The molecule has 0 saturated heterocycles. The van der Waals surface area contributed by atoms with E-state index < -0.39 is 22.0 Å². The van der Waals surface area contributed by atoms with E-state index in [9.17, 15) is 13.2 Å². The van der Waals surface area contributed by atoms with Crippen LogP contribution < -0.4 is 4.72 Å². The molecule has 0 aliphatic carbocycles. The van der Waals surface area contributed by atoms with Gasteiger partial charge in [-0.05, 0) is 36.8 Å². The average molecular weight is 306 g/mol. The number of aromatic carboxylic acids is 1. The standard InChI is InChI=1S/C14H14N2O4S/c1-10(12-5-3-7-15-9-12)16-21(19,20)13-6-2-4-11(8-13)14(17)18/h2-10,16H,1H3,(H,17,18). The van der Waals surface area contributed by atoms with Crippen LogP contribution in [-0.2, 0) is 10.0 Å². The quantitative estimate of drug-likeness (QED) is 0.878. The molecule has 0 aliphatic rings. The molecule has 0 amide bonds. The number of aromatic nitrogens is 1. The van der Waals surface area contributed by atoms with Gasteiger partial charge in [-0.25, -0.2) is 17.9 Å². The summed E-state index contributed by atoms with van der Waals surface area (Å²) in [5, 5.41) is 8.91. The number of hydrogen-bond acceptors (Lipinski definition) is 4. The number of nitrogens with zero attached hydrogens (tertiary/aromatic N) is 1. The second-order valence-corrected chi connectivity index (χ2v) is 6.18. The fourth-order valence-electron chi connectivity index (χ4n) is 1.80. The predicted octanol–water partition coefficient (Wildman–Crippen LogP) is 1.82. The van der Waals surface area contributed by atoms with E-state index in [0.717, 1.165) is 11.6 Å². The topological polar surface area (TPSA) is 96.4 Å². The van der Waals surface area contributed by atoms with Gasteiger partial charge in [0.05, 0.1) is 10.5 Å². The Hall–Kier alpha value is -2.25. The molecule has 0 aliphatic heterocycles. The number of benzene rings is 1. The molecular weight excluding hydrogens is 292 g/mol. The number of hydrogen-bond donors (Lipinski definition) is 2. The molecule has 0 fully saturated rings. The van der Waals surface area contributed by atoms with E-state index in [1.807, 2.05) is 0 Å². The molecule has 110 valence electrons. The smallest absolute Gasteiger partial charge is 0.335 e. The average Bonchev–Trinajstić information content (AvgIpc) is 2.48. The number of carboxylic acids is 1. The fourth-order valence-corrected chi connectivity index (χ4v) is 3.07. The molecule has 1 unspecified atom stereocenters. The van der Waals surface area contributed by atoms with Crippen LogP contribution in [0.3, 0.4) is 0 Å². The third-order valence-electron chi connectivity index (χ3n) is 2.91. The molecule has 1 atom stereocenters. The van der Waals surface area contributed by atoms with Gasteiger partial charge >= 0.3 is 5.97 Å². The van der Waals surface area contributed by atoms with Gasteiger partial charge in [0.15, 0.2) is 0 Å². The molecule has 7 heteroatoms. The number of carboxylic acid groups (broad SMARTS) is 1. The van der Waals surface area contributed by atoms with Gasteiger partial charge in [-0.1, -0.05) is 12.1 Å². The van der Waals surface area contributed by atoms with Crippen molar-refractivity contribution in [3.8, 4) is 0 Å². The minimum absolute atomic E-state index is 0.0769. The maximum Gasteiger partial charge on any atom is 0.335 e. The minimum atomic E-state index is -3.80. The Morgan fingerprint density at radius 2 is 2.05 bits per heavy atom. The van der Waals surface area contributed by atoms with Crippen molar-refractivity contribution in [2.75, 3.05) is 0 Å². The first-order chi connectivity index (χ1) is 9.90. The molecule has 0 radical (unpaired) electrons. The molecule has 21 heavy (non-hydrogen) atoms. The van der Waals surface area contributed by atoms with Crippen LogP contribution in [0.5, 0.6) is 0 Å². The number of pyridine rings is 1. The van der Waals surface area contributed by atoms with Crippen LogP contribution in [0.1, 0.15) is 28.9 Å². The van der Waals surface area contributed by atoms with Crippen molar-refractivity contribution < 1.29 is 18.3 Å². The minimum Gasteiger partial charge on any atom is -0.478 e. The van der Waals surface area contributed by atoms with Crippen molar-refractivity contribution in [3.63, 3.8) is 0 Å². The van der Waals surface area contributed by atoms with Gasteiger partial charge in [0.1, 0.15) is 0 Å². The van der Waals surface area contributed by atoms with Gasteiger partial charge in [0.25, 0.3) is 0 Å². The van der Waals surface area contributed by atoms with E-state index >= 15 is 0 Å². The summed E-state index contributed by atoms with van der Waals surface area (Å²) in [7, 11) is -3.80. The zero-order valence-electron chi connectivity index (χ0n) is 11.2. The second-order valence-electron chi connectivity index (χ2n) is 4.46. The Labute approximate surface area is 122 Å².